The lowest BCUT2D eigenvalue weighted by molar-refractivity contribution is 0.0951. The van der Waals surface area contributed by atoms with Gasteiger partial charge in [0, 0.05) is 16.6 Å². The third-order valence-electron chi connectivity index (χ3n) is 3.37. The van der Waals surface area contributed by atoms with Crippen molar-refractivity contribution in [2.24, 2.45) is 0 Å². The maximum Gasteiger partial charge on any atom is 0.251 e. The largest absolute Gasteiger partial charge is 0.348 e. The Balaban J connectivity index is 1.63. The molecule has 6 heteroatoms. The van der Waals surface area contributed by atoms with E-state index in [0.29, 0.717) is 18.7 Å². The summed E-state index contributed by atoms with van der Waals surface area (Å²) in [5.41, 5.74) is 2.70. The average molecular weight is 371 g/mol. The number of nitrogens with zero attached hydrogens (tertiary/aromatic N) is 3. The summed E-state index contributed by atoms with van der Waals surface area (Å²) in [5, 5.41) is 7.00. The number of halogens is 1. The van der Waals surface area contributed by atoms with Crippen LogP contribution in [0.2, 0.25) is 0 Å². The van der Waals surface area contributed by atoms with E-state index in [9.17, 15) is 4.79 Å². The maximum absolute atomic E-state index is 12.3. The number of carbonyl (C=O) groups is 1. The first-order valence-electron chi connectivity index (χ1n) is 7.15. The molecule has 0 spiro atoms. The molecule has 1 N–H and O–H groups in total. The Morgan fingerprint density at radius 1 is 1.13 bits per heavy atom. The molecule has 0 aliphatic heterocycles. The van der Waals surface area contributed by atoms with Crippen molar-refractivity contribution in [3.63, 3.8) is 0 Å². The smallest absolute Gasteiger partial charge is 0.251 e. The number of hydrogen-bond donors (Lipinski definition) is 1. The zero-order valence-electron chi connectivity index (χ0n) is 12.3. The molecule has 5 nitrogen and oxygen atoms in total. The lowest BCUT2D eigenvalue weighted by Crippen LogP contribution is -2.22. The topological polar surface area (TPSA) is 59.8 Å². The van der Waals surface area contributed by atoms with E-state index in [1.54, 1.807) is 11.0 Å². The number of carbonyl (C=O) groups excluding carboxylic acids is 1. The molecular formula is C17H15BrN4O. The molecule has 0 saturated heterocycles. The van der Waals surface area contributed by atoms with Crippen molar-refractivity contribution in [3.8, 4) is 0 Å². The fourth-order valence-corrected chi connectivity index (χ4v) is 2.46. The molecular weight excluding hydrogens is 356 g/mol. The van der Waals surface area contributed by atoms with Crippen molar-refractivity contribution in [3.05, 3.63) is 82.3 Å². The van der Waals surface area contributed by atoms with Gasteiger partial charge in [-0.25, -0.2) is 9.67 Å². The van der Waals surface area contributed by atoms with E-state index in [1.165, 1.54) is 6.33 Å². The van der Waals surface area contributed by atoms with Gasteiger partial charge in [0.25, 0.3) is 5.91 Å². The molecule has 3 rings (SSSR count). The fourth-order valence-electron chi connectivity index (χ4n) is 2.20. The van der Waals surface area contributed by atoms with Gasteiger partial charge in [0.1, 0.15) is 12.7 Å². The summed E-state index contributed by atoms with van der Waals surface area (Å²) in [6, 6.07) is 15.4. The highest BCUT2D eigenvalue weighted by Gasteiger charge is 2.06. The second kappa shape index (κ2) is 7.19. The molecule has 0 fully saturated rings. The van der Waals surface area contributed by atoms with Crippen LogP contribution < -0.4 is 5.32 Å². The molecule has 0 saturated carbocycles. The van der Waals surface area contributed by atoms with Gasteiger partial charge >= 0.3 is 0 Å². The predicted molar refractivity (Wildman–Crippen MR) is 90.9 cm³/mol. The van der Waals surface area contributed by atoms with Crippen molar-refractivity contribution >= 4 is 21.8 Å². The summed E-state index contributed by atoms with van der Waals surface area (Å²) in [6.07, 6.45) is 3.15. The van der Waals surface area contributed by atoms with Gasteiger partial charge in [0.15, 0.2) is 0 Å². The van der Waals surface area contributed by atoms with E-state index in [1.807, 2.05) is 48.5 Å². The van der Waals surface area contributed by atoms with Gasteiger partial charge < -0.3 is 5.32 Å². The molecule has 116 valence electrons. The van der Waals surface area contributed by atoms with Crippen LogP contribution in [0.15, 0.2) is 65.7 Å². The molecule has 1 amide bonds. The standard InChI is InChI=1S/C17H15BrN4O/c18-16-6-4-13(5-7-16)9-20-17(23)15-3-1-2-14(8-15)10-22-12-19-11-21-22/h1-8,11-12H,9-10H2,(H,20,23). The second-order valence-corrected chi connectivity index (χ2v) is 6.02. The third kappa shape index (κ3) is 4.26. The lowest BCUT2D eigenvalue weighted by Gasteiger charge is -2.07. The van der Waals surface area contributed by atoms with Crippen LogP contribution in [0.4, 0.5) is 0 Å². The van der Waals surface area contributed by atoms with Crippen LogP contribution in [0, 0.1) is 0 Å². The Morgan fingerprint density at radius 2 is 1.96 bits per heavy atom. The fraction of sp³-hybridized carbons (Fsp3) is 0.118. The van der Waals surface area contributed by atoms with Crippen molar-refractivity contribution in [1.29, 1.82) is 0 Å². The van der Waals surface area contributed by atoms with E-state index in [4.69, 9.17) is 0 Å². The minimum Gasteiger partial charge on any atom is -0.348 e. The molecule has 0 aliphatic rings. The molecule has 0 bridgehead atoms. The highest BCUT2D eigenvalue weighted by atomic mass is 79.9. The summed E-state index contributed by atoms with van der Waals surface area (Å²) in [5.74, 6) is -0.0895. The van der Waals surface area contributed by atoms with E-state index >= 15 is 0 Å². The minimum absolute atomic E-state index is 0.0895. The van der Waals surface area contributed by atoms with Gasteiger partial charge in [0.05, 0.1) is 6.54 Å². The average Bonchev–Trinajstić information content (AvgIpc) is 3.07. The minimum atomic E-state index is -0.0895. The zero-order valence-corrected chi connectivity index (χ0v) is 13.9. The van der Waals surface area contributed by atoms with Crippen LogP contribution in [0.5, 0.6) is 0 Å². The predicted octanol–water partition coefficient (Wildman–Crippen LogP) is 3.02. The molecule has 0 radical (unpaired) electrons. The van der Waals surface area contributed by atoms with Gasteiger partial charge in [-0.3, -0.25) is 4.79 Å². The third-order valence-corrected chi connectivity index (χ3v) is 3.90. The number of aromatic nitrogens is 3. The van der Waals surface area contributed by atoms with Crippen molar-refractivity contribution in [2.75, 3.05) is 0 Å². The molecule has 3 aromatic rings. The summed E-state index contributed by atoms with van der Waals surface area (Å²) in [7, 11) is 0. The Labute approximate surface area is 142 Å². The number of rotatable bonds is 5. The number of amides is 1. The molecule has 23 heavy (non-hydrogen) atoms. The van der Waals surface area contributed by atoms with Gasteiger partial charge in [0.2, 0.25) is 0 Å². The Hall–Kier alpha value is -2.47. The zero-order chi connectivity index (χ0) is 16.1. The van der Waals surface area contributed by atoms with Crippen molar-refractivity contribution in [2.45, 2.75) is 13.1 Å². The van der Waals surface area contributed by atoms with Crippen LogP contribution in [0.1, 0.15) is 21.5 Å². The van der Waals surface area contributed by atoms with Crippen LogP contribution in [-0.4, -0.2) is 20.7 Å². The second-order valence-electron chi connectivity index (χ2n) is 5.10. The van der Waals surface area contributed by atoms with Crippen LogP contribution in [0.25, 0.3) is 0 Å². The van der Waals surface area contributed by atoms with Gasteiger partial charge in [-0.05, 0) is 35.4 Å². The van der Waals surface area contributed by atoms with Gasteiger partial charge in [-0.2, -0.15) is 5.10 Å². The normalized spacial score (nSPS) is 10.5. The van der Waals surface area contributed by atoms with Crippen LogP contribution >= 0.6 is 15.9 Å². The molecule has 1 heterocycles. The molecule has 2 aromatic carbocycles. The summed E-state index contributed by atoms with van der Waals surface area (Å²) in [6.45, 7) is 1.09. The monoisotopic (exact) mass is 370 g/mol. The summed E-state index contributed by atoms with van der Waals surface area (Å²) < 4.78 is 2.74. The van der Waals surface area contributed by atoms with Gasteiger partial charge in [-0.1, -0.05) is 40.2 Å². The van der Waals surface area contributed by atoms with Gasteiger partial charge in [-0.15, -0.1) is 0 Å². The van der Waals surface area contributed by atoms with Crippen molar-refractivity contribution in [1.82, 2.24) is 20.1 Å². The van der Waals surface area contributed by atoms with E-state index in [2.05, 4.69) is 31.3 Å². The maximum atomic E-state index is 12.3. The highest BCUT2D eigenvalue weighted by Crippen LogP contribution is 2.11. The van der Waals surface area contributed by atoms with E-state index < -0.39 is 0 Å². The quantitative estimate of drug-likeness (QED) is 0.750. The first-order valence-corrected chi connectivity index (χ1v) is 7.94. The van der Waals surface area contributed by atoms with Crippen molar-refractivity contribution < 1.29 is 4.79 Å². The number of nitrogens with one attached hydrogen (secondary N) is 1. The number of hydrogen-bond acceptors (Lipinski definition) is 3. The Morgan fingerprint density at radius 3 is 2.70 bits per heavy atom. The summed E-state index contributed by atoms with van der Waals surface area (Å²) in [4.78, 5) is 16.2. The molecule has 0 aliphatic carbocycles. The molecule has 1 aromatic heterocycles. The lowest BCUT2D eigenvalue weighted by atomic mass is 10.1. The number of benzene rings is 2. The van der Waals surface area contributed by atoms with Crippen LogP contribution in [-0.2, 0) is 13.1 Å². The highest BCUT2D eigenvalue weighted by molar-refractivity contribution is 9.10. The SMILES string of the molecule is O=C(NCc1ccc(Br)cc1)c1cccc(Cn2cncn2)c1. The molecule has 0 unspecified atom stereocenters. The first-order chi connectivity index (χ1) is 11.2. The molecule has 0 atom stereocenters. The first kappa shape index (κ1) is 15.4. The Bertz CT molecular complexity index is 785. The van der Waals surface area contributed by atoms with E-state index in [0.717, 1.165) is 15.6 Å². The Kier molecular flexibility index (Phi) is 4.83. The van der Waals surface area contributed by atoms with Crippen LogP contribution in [0.3, 0.4) is 0 Å². The van der Waals surface area contributed by atoms with E-state index in [-0.39, 0.29) is 5.91 Å². The summed E-state index contributed by atoms with van der Waals surface area (Å²) >= 11 is 3.40.